The summed E-state index contributed by atoms with van der Waals surface area (Å²) in [7, 11) is 1.60. The minimum Gasteiger partial charge on any atom is -0.493 e. The molecule has 0 aliphatic rings. The van der Waals surface area contributed by atoms with Crippen LogP contribution in [0.25, 0.3) is 0 Å². The van der Waals surface area contributed by atoms with Crippen molar-refractivity contribution in [2.75, 3.05) is 20.3 Å². The van der Waals surface area contributed by atoms with Crippen LogP contribution in [0, 0.1) is 0 Å². The molecule has 6 heteroatoms. The first kappa shape index (κ1) is 26.3. The number of esters is 1. The molecule has 0 saturated heterocycles. The van der Waals surface area contributed by atoms with E-state index in [0.717, 1.165) is 16.7 Å². The Morgan fingerprint density at radius 1 is 0.829 bits per heavy atom. The summed E-state index contributed by atoms with van der Waals surface area (Å²) in [6.07, 6.45) is -0.899. The van der Waals surface area contributed by atoms with Gasteiger partial charge >= 0.3 is 5.97 Å². The van der Waals surface area contributed by atoms with Crippen LogP contribution in [0.5, 0.6) is 11.5 Å². The Bertz CT molecular complexity index is 1000. The molecule has 0 saturated carbocycles. The maximum Gasteiger partial charge on any atom is 0.336 e. The van der Waals surface area contributed by atoms with Gasteiger partial charge in [0.2, 0.25) is 0 Å². The van der Waals surface area contributed by atoms with Crippen molar-refractivity contribution < 1.29 is 24.1 Å². The number of rotatable bonds is 13. The van der Waals surface area contributed by atoms with Crippen molar-refractivity contribution in [3.05, 3.63) is 95.6 Å². The average Bonchev–Trinajstić information content (AvgIpc) is 2.88. The molecule has 0 bridgehead atoms. The molecular weight excluding hydrogens is 442 g/mol. The van der Waals surface area contributed by atoms with E-state index in [4.69, 9.17) is 14.2 Å². The lowest BCUT2D eigenvalue weighted by molar-refractivity contribution is -0.157. The highest BCUT2D eigenvalue weighted by molar-refractivity contribution is 5.75. The first-order valence-electron chi connectivity index (χ1n) is 12.0. The van der Waals surface area contributed by atoms with Crippen LogP contribution < -0.4 is 9.47 Å². The number of hydrogen-bond acceptors (Lipinski definition) is 6. The fraction of sp³-hybridized carbons (Fsp3) is 0.345. The SMILES string of the molecule is CCOC(=O)C(O)C(Cc1ccc(OC)c(OCC)c1)N(Cc1ccccc1)Cc1ccccc1. The Morgan fingerprint density at radius 2 is 1.43 bits per heavy atom. The molecule has 0 aromatic heterocycles. The third-order valence-electron chi connectivity index (χ3n) is 5.79. The first-order chi connectivity index (χ1) is 17.0. The highest BCUT2D eigenvalue weighted by Gasteiger charge is 2.33. The summed E-state index contributed by atoms with van der Waals surface area (Å²) in [6, 6.07) is 25.3. The molecule has 0 fully saturated rings. The summed E-state index contributed by atoms with van der Waals surface area (Å²) >= 11 is 0. The Hall–Kier alpha value is -3.35. The predicted molar refractivity (Wildman–Crippen MR) is 136 cm³/mol. The smallest absolute Gasteiger partial charge is 0.336 e. The average molecular weight is 478 g/mol. The lowest BCUT2D eigenvalue weighted by Gasteiger charge is -2.34. The third kappa shape index (κ3) is 7.57. The molecular formula is C29H35NO5. The van der Waals surface area contributed by atoms with Gasteiger partial charge in [-0.25, -0.2) is 4.79 Å². The number of aliphatic hydroxyl groups is 1. The van der Waals surface area contributed by atoms with Gasteiger partial charge in [0.05, 0.1) is 26.4 Å². The Labute approximate surface area is 208 Å². The number of hydrogen-bond donors (Lipinski definition) is 1. The predicted octanol–water partition coefficient (Wildman–Crippen LogP) is 4.63. The van der Waals surface area contributed by atoms with Crippen LogP contribution in [-0.2, 0) is 29.0 Å². The molecule has 186 valence electrons. The minimum absolute atomic E-state index is 0.205. The monoisotopic (exact) mass is 477 g/mol. The third-order valence-corrected chi connectivity index (χ3v) is 5.79. The first-order valence-corrected chi connectivity index (χ1v) is 12.0. The number of carbonyl (C=O) groups excluding carboxylic acids is 1. The van der Waals surface area contributed by atoms with Crippen LogP contribution in [0.2, 0.25) is 0 Å². The maximum absolute atomic E-state index is 12.7. The van der Waals surface area contributed by atoms with E-state index in [2.05, 4.69) is 4.90 Å². The van der Waals surface area contributed by atoms with Gasteiger partial charge in [0.15, 0.2) is 17.6 Å². The number of methoxy groups -OCH3 is 1. The molecule has 0 spiro atoms. The number of benzene rings is 3. The maximum atomic E-state index is 12.7. The summed E-state index contributed by atoms with van der Waals surface area (Å²) in [4.78, 5) is 14.8. The summed E-state index contributed by atoms with van der Waals surface area (Å²) in [5, 5.41) is 11.2. The van der Waals surface area contributed by atoms with Gasteiger partial charge in [0, 0.05) is 13.1 Å². The van der Waals surface area contributed by atoms with Crippen LogP contribution in [0.4, 0.5) is 0 Å². The van der Waals surface area contributed by atoms with Crippen molar-refractivity contribution in [2.45, 2.75) is 45.5 Å². The summed E-state index contributed by atoms with van der Waals surface area (Å²) in [6.45, 7) is 5.49. The second-order valence-corrected chi connectivity index (χ2v) is 8.26. The molecule has 0 aliphatic heterocycles. The highest BCUT2D eigenvalue weighted by atomic mass is 16.5. The molecule has 1 N–H and O–H groups in total. The Kier molecular flexibility index (Phi) is 10.1. The molecule has 6 nitrogen and oxygen atoms in total. The molecule has 0 aliphatic carbocycles. The molecule has 3 aromatic rings. The zero-order valence-electron chi connectivity index (χ0n) is 20.7. The van der Waals surface area contributed by atoms with E-state index in [0.29, 0.717) is 37.6 Å². The van der Waals surface area contributed by atoms with E-state index >= 15 is 0 Å². The van der Waals surface area contributed by atoms with Crippen molar-refractivity contribution >= 4 is 5.97 Å². The van der Waals surface area contributed by atoms with E-state index in [-0.39, 0.29) is 6.61 Å². The van der Waals surface area contributed by atoms with Gasteiger partial charge in [-0.05, 0) is 49.1 Å². The van der Waals surface area contributed by atoms with E-state index in [1.165, 1.54) is 0 Å². The quantitative estimate of drug-likeness (QED) is 0.362. The standard InChI is InChI=1S/C29H35NO5/c1-4-34-27-19-24(16-17-26(27)33-3)18-25(28(31)29(32)35-5-2)30(20-22-12-8-6-9-13-22)21-23-14-10-7-11-15-23/h6-17,19,25,28,31H,4-5,18,20-21H2,1-3H3. The van der Waals surface area contributed by atoms with Crippen LogP contribution in [0.3, 0.4) is 0 Å². The molecule has 0 heterocycles. The number of aliphatic hydroxyl groups excluding tert-OH is 1. The van der Waals surface area contributed by atoms with Gasteiger partial charge in [-0.3, -0.25) is 4.90 Å². The molecule has 0 amide bonds. The zero-order chi connectivity index (χ0) is 25.0. The van der Waals surface area contributed by atoms with Crippen molar-refractivity contribution in [1.29, 1.82) is 0 Å². The second-order valence-electron chi connectivity index (χ2n) is 8.26. The van der Waals surface area contributed by atoms with Gasteiger partial charge in [-0.15, -0.1) is 0 Å². The van der Waals surface area contributed by atoms with E-state index in [1.54, 1.807) is 14.0 Å². The van der Waals surface area contributed by atoms with Gasteiger partial charge in [0.1, 0.15) is 0 Å². The van der Waals surface area contributed by atoms with Crippen molar-refractivity contribution in [3.8, 4) is 11.5 Å². The van der Waals surface area contributed by atoms with Crippen molar-refractivity contribution in [3.63, 3.8) is 0 Å². The van der Waals surface area contributed by atoms with Crippen LogP contribution in [0.15, 0.2) is 78.9 Å². The van der Waals surface area contributed by atoms with Gasteiger partial charge < -0.3 is 19.3 Å². The van der Waals surface area contributed by atoms with Crippen LogP contribution >= 0.6 is 0 Å². The number of ether oxygens (including phenoxy) is 3. The molecule has 2 atom stereocenters. The lowest BCUT2D eigenvalue weighted by atomic mass is 9.97. The molecule has 35 heavy (non-hydrogen) atoms. The topological polar surface area (TPSA) is 68.2 Å². The van der Waals surface area contributed by atoms with Gasteiger partial charge in [-0.1, -0.05) is 66.7 Å². The lowest BCUT2D eigenvalue weighted by Crippen LogP contribution is -2.48. The Morgan fingerprint density at radius 3 is 1.94 bits per heavy atom. The van der Waals surface area contributed by atoms with Gasteiger partial charge in [-0.2, -0.15) is 0 Å². The van der Waals surface area contributed by atoms with Crippen LogP contribution in [0.1, 0.15) is 30.5 Å². The van der Waals surface area contributed by atoms with Gasteiger partial charge in [0.25, 0.3) is 0 Å². The minimum atomic E-state index is -1.32. The molecule has 3 aromatic carbocycles. The second kappa shape index (κ2) is 13.5. The Balaban J connectivity index is 1.99. The molecule has 2 unspecified atom stereocenters. The van der Waals surface area contributed by atoms with Crippen LogP contribution in [-0.4, -0.2) is 48.4 Å². The van der Waals surface area contributed by atoms with E-state index in [9.17, 15) is 9.90 Å². The largest absolute Gasteiger partial charge is 0.493 e. The van der Waals surface area contributed by atoms with Crippen molar-refractivity contribution in [1.82, 2.24) is 4.90 Å². The zero-order valence-corrected chi connectivity index (χ0v) is 20.7. The van der Waals surface area contributed by atoms with E-state index in [1.807, 2.05) is 85.8 Å². The molecule has 3 rings (SSSR count). The summed E-state index contributed by atoms with van der Waals surface area (Å²) < 4.78 is 16.4. The fourth-order valence-corrected chi connectivity index (χ4v) is 4.11. The summed E-state index contributed by atoms with van der Waals surface area (Å²) in [5.41, 5.74) is 3.11. The number of nitrogens with zero attached hydrogens (tertiary/aromatic N) is 1. The fourth-order valence-electron chi connectivity index (χ4n) is 4.11. The number of carbonyl (C=O) groups is 1. The highest BCUT2D eigenvalue weighted by Crippen LogP contribution is 2.30. The van der Waals surface area contributed by atoms with E-state index < -0.39 is 18.1 Å². The summed E-state index contributed by atoms with van der Waals surface area (Å²) in [5.74, 6) is 0.653. The molecule has 0 radical (unpaired) electrons. The normalized spacial score (nSPS) is 12.7. The van der Waals surface area contributed by atoms with Crippen molar-refractivity contribution in [2.24, 2.45) is 0 Å².